The van der Waals surface area contributed by atoms with Gasteiger partial charge in [-0.1, -0.05) is 5.16 Å². The normalized spacial score (nSPS) is 17.9. The van der Waals surface area contributed by atoms with E-state index in [1.807, 2.05) is 49.6 Å². The van der Waals surface area contributed by atoms with Crippen LogP contribution in [-0.2, 0) is 6.54 Å². The predicted molar refractivity (Wildman–Crippen MR) is 93.7 cm³/mol. The highest BCUT2D eigenvalue weighted by Crippen LogP contribution is 2.32. The van der Waals surface area contributed by atoms with Crippen LogP contribution in [0.25, 0.3) is 5.69 Å². The highest BCUT2D eigenvalue weighted by atomic mass is 16.5. The molecule has 0 aliphatic carbocycles. The predicted octanol–water partition coefficient (Wildman–Crippen LogP) is 3.51. The Bertz CT molecular complexity index is 837. The molecule has 25 heavy (non-hydrogen) atoms. The van der Waals surface area contributed by atoms with Gasteiger partial charge < -0.3 is 13.8 Å². The van der Waals surface area contributed by atoms with Crippen LogP contribution in [0.4, 0.5) is 0 Å². The maximum atomic E-state index is 5.27. The molecule has 1 atom stereocenters. The fraction of sp³-hybridized carbons (Fsp3) is 0.368. The second kappa shape index (κ2) is 6.72. The first-order valence-electron chi connectivity index (χ1n) is 8.58. The molecule has 1 fully saturated rings. The number of nitrogens with zero attached hydrogens (tertiary/aromatic N) is 4. The number of hydrogen-bond acceptors (Lipinski definition) is 5. The van der Waals surface area contributed by atoms with Crippen LogP contribution in [0.5, 0.6) is 5.75 Å². The number of imidazole rings is 1. The summed E-state index contributed by atoms with van der Waals surface area (Å²) < 4.78 is 12.6. The Morgan fingerprint density at radius 3 is 2.84 bits per heavy atom. The van der Waals surface area contributed by atoms with Crippen LogP contribution in [0.1, 0.15) is 36.2 Å². The number of likely N-dealkylation sites (tertiary alicyclic amines) is 1. The van der Waals surface area contributed by atoms with E-state index in [1.165, 1.54) is 6.42 Å². The fourth-order valence-corrected chi connectivity index (χ4v) is 3.50. The molecule has 3 heterocycles. The van der Waals surface area contributed by atoms with Gasteiger partial charge in [0.25, 0.3) is 0 Å². The molecule has 0 radical (unpaired) electrons. The molecule has 6 heteroatoms. The summed E-state index contributed by atoms with van der Waals surface area (Å²) in [5.41, 5.74) is 2.11. The summed E-state index contributed by atoms with van der Waals surface area (Å²) in [6, 6.07) is 10.4. The van der Waals surface area contributed by atoms with Gasteiger partial charge in [-0.3, -0.25) is 4.90 Å². The lowest BCUT2D eigenvalue weighted by atomic mass is 10.1. The van der Waals surface area contributed by atoms with E-state index in [1.54, 1.807) is 7.11 Å². The van der Waals surface area contributed by atoms with Crippen LogP contribution in [0.15, 0.2) is 47.2 Å². The van der Waals surface area contributed by atoms with Crippen molar-refractivity contribution in [3.8, 4) is 11.4 Å². The van der Waals surface area contributed by atoms with E-state index in [2.05, 4.69) is 19.6 Å². The maximum absolute atomic E-state index is 5.27. The molecule has 0 amide bonds. The van der Waals surface area contributed by atoms with Gasteiger partial charge in [0.15, 0.2) is 0 Å². The maximum Gasteiger partial charge on any atom is 0.133 e. The van der Waals surface area contributed by atoms with Crippen molar-refractivity contribution >= 4 is 0 Å². The zero-order valence-corrected chi connectivity index (χ0v) is 14.6. The van der Waals surface area contributed by atoms with Crippen LogP contribution < -0.4 is 4.74 Å². The lowest BCUT2D eigenvalue weighted by Crippen LogP contribution is -2.24. The quantitative estimate of drug-likeness (QED) is 0.712. The monoisotopic (exact) mass is 338 g/mol. The van der Waals surface area contributed by atoms with Gasteiger partial charge in [0, 0.05) is 24.1 Å². The second-order valence-corrected chi connectivity index (χ2v) is 6.40. The molecule has 0 spiro atoms. The third-order valence-electron chi connectivity index (χ3n) is 4.76. The molecule has 1 saturated heterocycles. The Morgan fingerprint density at radius 1 is 1.28 bits per heavy atom. The topological polar surface area (TPSA) is 56.3 Å². The highest BCUT2D eigenvalue weighted by molar-refractivity contribution is 5.38. The van der Waals surface area contributed by atoms with Gasteiger partial charge in [-0.2, -0.15) is 0 Å². The highest BCUT2D eigenvalue weighted by Gasteiger charge is 2.29. The van der Waals surface area contributed by atoms with Crippen LogP contribution in [-0.4, -0.2) is 33.3 Å². The summed E-state index contributed by atoms with van der Waals surface area (Å²) in [6.07, 6.45) is 6.13. The fourth-order valence-electron chi connectivity index (χ4n) is 3.50. The molecule has 2 aromatic heterocycles. The average molecular weight is 338 g/mol. The molecule has 1 aliphatic rings. The summed E-state index contributed by atoms with van der Waals surface area (Å²) in [6.45, 7) is 3.77. The minimum Gasteiger partial charge on any atom is -0.497 e. The van der Waals surface area contributed by atoms with Gasteiger partial charge in [0.1, 0.15) is 23.0 Å². The summed E-state index contributed by atoms with van der Waals surface area (Å²) in [7, 11) is 1.68. The molecule has 0 N–H and O–H groups in total. The van der Waals surface area contributed by atoms with Crippen molar-refractivity contribution in [3.63, 3.8) is 0 Å². The molecule has 3 aromatic rings. The van der Waals surface area contributed by atoms with E-state index in [0.717, 1.165) is 48.2 Å². The number of methoxy groups -OCH3 is 1. The third kappa shape index (κ3) is 3.17. The minimum absolute atomic E-state index is 0.304. The minimum atomic E-state index is 0.304. The van der Waals surface area contributed by atoms with Gasteiger partial charge in [-0.15, -0.1) is 0 Å². The van der Waals surface area contributed by atoms with Gasteiger partial charge >= 0.3 is 0 Å². The molecule has 1 aliphatic heterocycles. The Labute approximate surface area is 147 Å². The molecule has 1 unspecified atom stereocenters. The van der Waals surface area contributed by atoms with Gasteiger partial charge in [0.2, 0.25) is 0 Å². The molecule has 130 valence electrons. The largest absolute Gasteiger partial charge is 0.497 e. The van der Waals surface area contributed by atoms with Crippen LogP contribution in [0.2, 0.25) is 0 Å². The van der Waals surface area contributed by atoms with Gasteiger partial charge in [-0.05, 0) is 50.6 Å². The Balaban J connectivity index is 1.56. The first-order valence-corrected chi connectivity index (χ1v) is 8.58. The molecule has 6 nitrogen and oxygen atoms in total. The number of aryl methyl sites for hydroxylation is 1. The molecular weight excluding hydrogens is 316 g/mol. The molecule has 0 bridgehead atoms. The number of hydrogen-bond donors (Lipinski definition) is 0. The van der Waals surface area contributed by atoms with Gasteiger partial charge in [0.05, 0.1) is 19.7 Å². The summed E-state index contributed by atoms with van der Waals surface area (Å²) in [5.74, 6) is 2.74. The lowest BCUT2D eigenvalue weighted by Gasteiger charge is -2.22. The number of aromatic nitrogens is 3. The lowest BCUT2D eigenvalue weighted by molar-refractivity contribution is 0.230. The van der Waals surface area contributed by atoms with E-state index >= 15 is 0 Å². The van der Waals surface area contributed by atoms with E-state index in [4.69, 9.17) is 9.26 Å². The van der Waals surface area contributed by atoms with Crippen molar-refractivity contribution in [2.45, 2.75) is 32.4 Å². The Kier molecular flexibility index (Phi) is 4.28. The number of benzene rings is 1. The standard InChI is InChI=1S/C19H22N4O2/c1-14-12-17(21-25-14)18-4-3-10-22(18)13-19-20-9-11-23(19)15-5-7-16(24-2)8-6-15/h5-9,11-12,18H,3-4,10,13H2,1-2H3. The number of rotatable bonds is 5. The molecule has 0 saturated carbocycles. The first kappa shape index (κ1) is 15.9. The summed E-state index contributed by atoms with van der Waals surface area (Å²) in [5, 5.41) is 4.22. The van der Waals surface area contributed by atoms with E-state index < -0.39 is 0 Å². The molecule has 4 rings (SSSR count). The Morgan fingerprint density at radius 2 is 2.12 bits per heavy atom. The van der Waals surface area contributed by atoms with Crippen molar-refractivity contribution in [1.82, 2.24) is 19.6 Å². The van der Waals surface area contributed by atoms with Crippen LogP contribution in [0.3, 0.4) is 0 Å². The molecule has 1 aromatic carbocycles. The average Bonchev–Trinajstić information content (AvgIpc) is 3.36. The Hall–Kier alpha value is -2.60. The second-order valence-electron chi connectivity index (χ2n) is 6.40. The van der Waals surface area contributed by atoms with Crippen molar-refractivity contribution in [2.75, 3.05) is 13.7 Å². The third-order valence-corrected chi connectivity index (χ3v) is 4.76. The smallest absolute Gasteiger partial charge is 0.133 e. The SMILES string of the molecule is COc1ccc(-n2ccnc2CN2CCCC2c2cc(C)on2)cc1. The molecular formula is C19H22N4O2. The van der Waals surface area contributed by atoms with Gasteiger partial charge in [-0.25, -0.2) is 4.98 Å². The summed E-state index contributed by atoms with van der Waals surface area (Å²) >= 11 is 0. The van der Waals surface area contributed by atoms with Crippen molar-refractivity contribution in [3.05, 3.63) is 60.0 Å². The zero-order valence-electron chi connectivity index (χ0n) is 14.6. The van der Waals surface area contributed by atoms with E-state index in [0.29, 0.717) is 6.04 Å². The van der Waals surface area contributed by atoms with Crippen molar-refractivity contribution in [1.29, 1.82) is 0 Å². The number of ether oxygens (including phenoxy) is 1. The summed E-state index contributed by atoms with van der Waals surface area (Å²) in [4.78, 5) is 7.01. The van der Waals surface area contributed by atoms with Crippen LogP contribution >= 0.6 is 0 Å². The van der Waals surface area contributed by atoms with E-state index in [-0.39, 0.29) is 0 Å². The van der Waals surface area contributed by atoms with Crippen molar-refractivity contribution in [2.24, 2.45) is 0 Å². The zero-order chi connectivity index (χ0) is 17.2. The first-order chi connectivity index (χ1) is 12.2. The van der Waals surface area contributed by atoms with Crippen LogP contribution in [0, 0.1) is 6.92 Å². The van der Waals surface area contributed by atoms with Crippen molar-refractivity contribution < 1.29 is 9.26 Å². The van der Waals surface area contributed by atoms with E-state index in [9.17, 15) is 0 Å².